The predicted octanol–water partition coefficient (Wildman–Crippen LogP) is 4.35. The number of hydrogen-bond acceptors (Lipinski definition) is 5. The highest BCUT2D eigenvalue weighted by atomic mass is 32.1. The Kier molecular flexibility index (Phi) is 5.14. The van der Waals surface area contributed by atoms with E-state index in [1.165, 1.54) is 24.5 Å². The number of aryl methyl sites for hydroxylation is 1. The average Bonchev–Trinajstić information content (AvgIpc) is 3.05. The van der Waals surface area contributed by atoms with Crippen LogP contribution >= 0.6 is 11.3 Å². The van der Waals surface area contributed by atoms with Crippen LogP contribution in [0.15, 0.2) is 42.5 Å². The molecule has 3 rings (SSSR count). The van der Waals surface area contributed by atoms with E-state index in [4.69, 9.17) is 4.74 Å². The molecule has 1 aromatic heterocycles. The van der Waals surface area contributed by atoms with Crippen molar-refractivity contribution in [1.29, 1.82) is 0 Å². The predicted molar refractivity (Wildman–Crippen MR) is 105 cm³/mol. The molecule has 132 valence electrons. The minimum Gasteiger partial charge on any atom is -0.465 e. The number of carbonyl (C=O) groups excluding carboxylic acids is 2. The van der Waals surface area contributed by atoms with E-state index >= 15 is 0 Å². The fraction of sp³-hybridized carbons (Fsp3) is 0.150. The topological polar surface area (TPSA) is 68.3 Å². The molecule has 0 unspecified atom stereocenters. The molecule has 0 aliphatic heterocycles. The average molecular weight is 366 g/mol. The van der Waals surface area contributed by atoms with Gasteiger partial charge in [-0.1, -0.05) is 12.1 Å². The number of methoxy groups -OCH3 is 1. The molecule has 5 nitrogen and oxygen atoms in total. The van der Waals surface area contributed by atoms with Crippen LogP contribution in [0.4, 0.5) is 5.69 Å². The summed E-state index contributed by atoms with van der Waals surface area (Å²) in [6, 6.07) is 11.3. The summed E-state index contributed by atoms with van der Waals surface area (Å²) >= 11 is 1.52. The molecule has 0 saturated carbocycles. The first-order chi connectivity index (χ1) is 12.5. The molecule has 6 heteroatoms. The van der Waals surface area contributed by atoms with Crippen LogP contribution in [-0.4, -0.2) is 24.0 Å². The molecular formula is C20H18N2O3S. The number of amides is 1. The molecule has 2 aromatic carbocycles. The highest BCUT2D eigenvalue weighted by Gasteiger charge is 2.13. The Bertz CT molecular complexity index is 988. The molecule has 1 heterocycles. The molecule has 0 aliphatic rings. The summed E-state index contributed by atoms with van der Waals surface area (Å²) < 4.78 is 5.87. The number of esters is 1. The van der Waals surface area contributed by atoms with Crippen molar-refractivity contribution in [3.05, 3.63) is 64.2 Å². The fourth-order valence-electron chi connectivity index (χ4n) is 2.55. The number of para-hydroxylation sites is 1. The van der Waals surface area contributed by atoms with Crippen LogP contribution in [0.5, 0.6) is 0 Å². The Hall–Kier alpha value is -2.99. The summed E-state index contributed by atoms with van der Waals surface area (Å²) in [7, 11) is 1.34. The third kappa shape index (κ3) is 3.81. The van der Waals surface area contributed by atoms with Gasteiger partial charge in [0.2, 0.25) is 5.91 Å². The lowest BCUT2D eigenvalue weighted by Crippen LogP contribution is -2.11. The van der Waals surface area contributed by atoms with Crippen molar-refractivity contribution in [3.63, 3.8) is 0 Å². The highest BCUT2D eigenvalue weighted by Crippen LogP contribution is 2.23. The molecule has 1 amide bonds. The normalized spacial score (nSPS) is 11.0. The first-order valence-electron chi connectivity index (χ1n) is 8.02. The van der Waals surface area contributed by atoms with E-state index in [1.54, 1.807) is 12.1 Å². The molecule has 26 heavy (non-hydrogen) atoms. The van der Waals surface area contributed by atoms with Crippen LogP contribution in [0.3, 0.4) is 0 Å². The van der Waals surface area contributed by atoms with Crippen molar-refractivity contribution < 1.29 is 14.3 Å². The second-order valence-electron chi connectivity index (χ2n) is 5.80. The van der Waals surface area contributed by atoms with Crippen molar-refractivity contribution in [1.82, 2.24) is 4.98 Å². The number of nitrogens with one attached hydrogen (secondary N) is 1. The lowest BCUT2D eigenvalue weighted by molar-refractivity contribution is -0.111. The van der Waals surface area contributed by atoms with Crippen LogP contribution in [0.25, 0.3) is 16.3 Å². The molecule has 0 fully saturated rings. The number of thiazole rings is 1. The molecule has 0 aliphatic carbocycles. The Labute approximate surface area is 155 Å². The number of aromatic nitrogens is 1. The summed E-state index contributed by atoms with van der Waals surface area (Å²) in [6.07, 6.45) is 3.12. The largest absolute Gasteiger partial charge is 0.465 e. The number of hydrogen-bond donors (Lipinski definition) is 1. The first kappa shape index (κ1) is 17.8. The number of nitrogens with zero attached hydrogens (tertiary/aromatic N) is 1. The standard InChI is InChI=1S/C20H18N2O3S/c1-12-10-14(11-15(13(12)2)20(24)25-3)21-18(23)8-9-19-22-16-6-4-5-7-17(16)26-19/h4-11H,1-3H3,(H,21,23)/b9-8+. The Morgan fingerprint density at radius 2 is 1.96 bits per heavy atom. The SMILES string of the molecule is COC(=O)c1cc(NC(=O)/C=C/c2nc3ccccc3s2)cc(C)c1C. The minimum atomic E-state index is -0.424. The molecule has 0 atom stereocenters. The number of anilines is 1. The number of ether oxygens (including phenoxy) is 1. The quantitative estimate of drug-likeness (QED) is 0.550. The maximum absolute atomic E-state index is 12.2. The van der Waals surface area contributed by atoms with E-state index < -0.39 is 5.97 Å². The van der Waals surface area contributed by atoms with E-state index in [-0.39, 0.29) is 5.91 Å². The van der Waals surface area contributed by atoms with Crippen molar-refractivity contribution in [2.45, 2.75) is 13.8 Å². The summed E-state index contributed by atoms with van der Waals surface area (Å²) in [5.41, 5.74) is 3.64. The van der Waals surface area contributed by atoms with Crippen LogP contribution in [0.1, 0.15) is 26.5 Å². The third-order valence-electron chi connectivity index (χ3n) is 4.03. The summed E-state index contributed by atoms with van der Waals surface area (Å²) in [4.78, 5) is 28.5. The zero-order chi connectivity index (χ0) is 18.7. The van der Waals surface area contributed by atoms with Crippen LogP contribution < -0.4 is 5.32 Å². The van der Waals surface area contributed by atoms with Gasteiger partial charge in [-0.15, -0.1) is 11.3 Å². The molecular weight excluding hydrogens is 348 g/mol. The van der Waals surface area contributed by atoms with Crippen LogP contribution in [-0.2, 0) is 9.53 Å². The van der Waals surface area contributed by atoms with E-state index in [1.807, 2.05) is 44.2 Å². The van der Waals surface area contributed by atoms with Gasteiger partial charge < -0.3 is 10.1 Å². The summed E-state index contributed by atoms with van der Waals surface area (Å²) in [5, 5.41) is 3.54. The Morgan fingerprint density at radius 3 is 2.69 bits per heavy atom. The number of carbonyl (C=O) groups is 2. The van der Waals surface area contributed by atoms with Gasteiger partial charge in [-0.3, -0.25) is 4.79 Å². The smallest absolute Gasteiger partial charge is 0.338 e. The van der Waals surface area contributed by atoms with Gasteiger partial charge in [-0.25, -0.2) is 9.78 Å². The second kappa shape index (κ2) is 7.49. The van der Waals surface area contributed by atoms with Gasteiger partial charge in [0.1, 0.15) is 5.01 Å². The van der Waals surface area contributed by atoms with Crippen molar-refractivity contribution in [2.75, 3.05) is 12.4 Å². The summed E-state index contributed by atoms with van der Waals surface area (Å²) in [5.74, 6) is -0.713. The minimum absolute atomic E-state index is 0.289. The fourth-order valence-corrected chi connectivity index (χ4v) is 3.42. The van der Waals surface area contributed by atoms with E-state index in [9.17, 15) is 9.59 Å². The van der Waals surface area contributed by atoms with Crippen molar-refractivity contribution >= 4 is 45.2 Å². The van der Waals surface area contributed by atoms with Gasteiger partial charge in [-0.05, 0) is 55.3 Å². The van der Waals surface area contributed by atoms with Gasteiger partial charge in [0.15, 0.2) is 0 Å². The molecule has 0 spiro atoms. The van der Waals surface area contributed by atoms with Gasteiger partial charge in [0.05, 0.1) is 22.9 Å². The highest BCUT2D eigenvalue weighted by molar-refractivity contribution is 7.19. The first-order valence-corrected chi connectivity index (χ1v) is 8.84. The zero-order valence-corrected chi connectivity index (χ0v) is 15.5. The lowest BCUT2D eigenvalue weighted by Gasteiger charge is -2.11. The maximum Gasteiger partial charge on any atom is 0.338 e. The Morgan fingerprint density at radius 1 is 1.19 bits per heavy atom. The van der Waals surface area contributed by atoms with Crippen LogP contribution in [0, 0.1) is 13.8 Å². The molecule has 0 saturated heterocycles. The second-order valence-corrected chi connectivity index (χ2v) is 6.86. The Balaban J connectivity index is 1.77. The molecule has 1 N–H and O–H groups in total. The monoisotopic (exact) mass is 366 g/mol. The summed E-state index contributed by atoms with van der Waals surface area (Å²) in [6.45, 7) is 3.73. The molecule has 3 aromatic rings. The van der Waals surface area contributed by atoms with Crippen molar-refractivity contribution in [2.24, 2.45) is 0 Å². The van der Waals surface area contributed by atoms with Crippen molar-refractivity contribution in [3.8, 4) is 0 Å². The van der Waals surface area contributed by atoms with Gasteiger partial charge in [-0.2, -0.15) is 0 Å². The lowest BCUT2D eigenvalue weighted by atomic mass is 10.0. The maximum atomic E-state index is 12.2. The number of fused-ring (bicyclic) bond motifs is 1. The number of benzene rings is 2. The number of rotatable bonds is 4. The zero-order valence-electron chi connectivity index (χ0n) is 14.7. The molecule has 0 radical (unpaired) electrons. The van der Waals surface area contributed by atoms with Crippen LogP contribution in [0.2, 0.25) is 0 Å². The third-order valence-corrected chi connectivity index (χ3v) is 5.03. The van der Waals surface area contributed by atoms with Gasteiger partial charge >= 0.3 is 5.97 Å². The van der Waals surface area contributed by atoms with Gasteiger partial charge in [0, 0.05) is 11.8 Å². The van der Waals surface area contributed by atoms with E-state index in [0.29, 0.717) is 11.3 Å². The van der Waals surface area contributed by atoms with Gasteiger partial charge in [0.25, 0.3) is 0 Å². The van der Waals surface area contributed by atoms with E-state index in [2.05, 4.69) is 10.3 Å². The van der Waals surface area contributed by atoms with E-state index in [0.717, 1.165) is 26.4 Å². The molecule has 0 bridgehead atoms.